The van der Waals surface area contributed by atoms with Crippen LogP contribution in [0.2, 0.25) is 0 Å². The predicted molar refractivity (Wildman–Crippen MR) is 618 cm³/mol. The third-order valence-electron chi connectivity index (χ3n) is 29.4. The van der Waals surface area contributed by atoms with Crippen LogP contribution in [0.5, 0.6) is 0 Å². The molecule has 0 radical (unpaired) electrons. The molecule has 0 atom stereocenters. The Morgan fingerprint density at radius 1 is 0.147 bits per heavy atom. The fourth-order valence-electron chi connectivity index (χ4n) is 22.7. The molecule has 12 nitrogen and oxygen atoms in total. The van der Waals surface area contributed by atoms with Crippen LogP contribution in [0.1, 0.15) is 0 Å². The quantitative estimate of drug-likeness (QED) is 0.111. The van der Waals surface area contributed by atoms with E-state index in [4.69, 9.17) is 43.2 Å². The zero-order valence-corrected chi connectivity index (χ0v) is 80.8. The second-order valence-corrected chi connectivity index (χ2v) is 38.0. The van der Waals surface area contributed by atoms with Gasteiger partial charge in [0.25, 0.3) is 0 Å². The van der Waals surface area contributed by atoms with Crippen LogP contribution < -0.4 is 0 Å². The largest absolute Gasteiger partial charge is 0.454 e. The van der Waals surface area contributed by atoms with E-state index in [2.05, 4.69) is 438 Å². The maximum atomic E-state index is 6.88. The highest BCUT2D eigenvalue weighted by molar-refractivity contribution is 6.22. The Labute approximate surface area is 859 Å². The lowest BCUT2D eigenvalue weighted by atomic mass is 9.99. The molecule has 0 spiro atoms. The fourth-order valence-corrected chi connectivity index (χ4v) is 22.7. The second kappa shape index (κ2) is 35.9. The van der Waals surface area contributed by atoms with Crippen LogP contribution in [-0.4, -0.2) is 43.6 Å². The van der Waals surface area contributed by atoms with Gasteiger partial charge in [-0.3, -0.25) is 0 Å². The van der Waals surface area contributed by atoms with E-state index in [0.29, 0.717) is 17.5 Å². The number of fused-ring (bicyclic) bond motifs is 21. The van der Waals surface area contributed by atoms with Gasteiger partial charge in [0.1, 0.15) is 16.7 Å². The number of aromatic nitrogens is 9. The van der Waals surface area contributed by atoms with Crippen molar-refractivity contribution in [3.05, 3.63) is 516 Å². The Kier molecular flexibility index (Phi) is 20.7. The molecule has 9 heterocycles. The van der Waals surface area contributed by atoms with Crippen molar-refractivity contribution in [1.29, 1.82) is 0 Å². The van der Waals surface area contributed by atoms with E-state index in [1.165, 1.54) is 76.8 Å². The maximum absolute atomic E-state index is 6.88. The van der Waals surface area contributed by atoms with Crippen LogP contribution in [-0.2, 0) is 0 Å². The summed E-state index contributed by atoms with van der Waals surface area (Å²) >= 11 is 0. The summed E-state index contributed by atoms with van der Waals surface area (Å²) in [5, 5.41) is 16.4. The van der Waals surface area contributed by atoms with Gasteiger partial charge in [-0.15, -0.1) is 0 Å². The first-order chi connectivity index (χ1) is 74.4. The van der Waals surface area contributed by atoms with Crippen LogP contribution in [0.3, 0.4) is 0 Å². The summed E-state index contributed by atoms with van der Waals surface area (Å²) in [6.07, 6.45) is 0. The summed E-state index contributed by atoms with van der Waals surface area (Å²) in [6, 6.07) is 180. The van der Waals surface area contributed by atoms with E-state index in [1.54, 1.807) is 0 Å². The van der Waals surface area contributed by atoms with Gasteiger partial charge in [-0.25, -0.2) is 29.9 Å². The van der Waals surface area contributed by atoms with Crippen molar-refractivity contribution in [1.82, 2.24) is 43.6 Å². The third kappa shape index (κ3) is 14.5. The first kappa shape index (κ1) is 86.3. The minimum absolute atomic E-state index is 0.671. The molecule has 700 valence electrons. The Morgan fingerprint density at radius 2 is 0.400 bits per heavy atom. The molecule has 0 saturated heterocycles. The zero-order chi connectivity index (χ0) is 98.8. The van der Waals surface area contributed by atoms with Gasteiger partial charge in [0.15, 0.2) is 34.2 Å². The predicted octanol–water partition coefficient (Wildman–Crippen LogP) is 36.5. The molecule has 31 rings (SSSR count). The number of rotatable bonds is 13. The highest BCUT2D eigenvalue weighted by atomic mass is 16.3. The van der Waals surface area contributed by atoms with Crippen molar-refractivity contribution in [3.63, 3.8) is 0 Å². The molecule has 9 aromatic heterocycles. The summed E-state index contributed by atoms with van der Waals surface area (Å²) in [4.78, 5) is 31.0. The molecule has 0 saturated carbocycles. The van der Waals surface area contributed by atoms with Crippen molar-refractivity contribution in [3.8, 4) is 130 Å². The summed E-state index contributed by atoms with van der Waals surface area (Å²) in [7, 11) is 0. The normalized spacial score (nSPS) is 11.7. The number of hydrogen-bond acceptors (Lipinski definition) is 9. The van der Waals surface area contributed by atoms with E-state index >= 15 is 0 Å². The van der Waals surface area contributed by atoms with Gasteiger partial charge in [0.05, 0.1) is 83.8 Å². The van der Waals surface area contributed by atoms with Gasteiger partial charge in [0, 0.05) is 114 Å². The molecule has 0 aliphatic rings. The van der Waals surface area contributed by atoms with Crippen molar-refractivity contribution >= 4 is 164 Å². The van der Waals surface area contributed by atoms with Crippen molar-refractivity contribution in [2.45, 2.75) is 0 Å². The first-order valence-electron chi connectivity index (χ1n) is 50.6. The van der Waals surface area contributed by atoms with E-state index in [0.717, 1.165) is 199 Å². The molecule has 22 aromatic carbocycles. The summed E-state index contributed by atoms with van der Waals surface area (Å²) in [5.74, 6) is 2.03. The topological polar surface area (TPSA) is 132 Å². The van der Waals surface area contributed by atoms with E-state index in [9.17, 15) is 0 Å². The Hall–Kier alpha value is -20.3. The summed E-state index contributed by atoms with van der Waals surface area (Å²) in [6.45, 7) is 0. The Balaban J connectivity index is 0.000000106. The highest BCUT2D eigenvalue weighted by Gasteiger charge is 2.29. The van der Waals surface area contributed by atoms with Crippen molar-refractivity contribution in [2.24, 2.45) is 0 Å². The zero-order valence-electron chi connectivity index (χ0n) is 80.8. The lowest BCUT2D eigenvalue weighted by Gasteiger charge is -2.10. The SMILES string of the molecule is c1ccc(-c2ccc3c(c2)c2cc(-c4ccccc4)ccc2n3-c2cccc3c2oc2cccc(-c4nc(-c5ccccc5)c5ccccc5n4)c23)cc1.c1ccc(-c2ccc3c(c2)c2ccccc2n3-c2cccc3c2oc2cccc(-c4nc(-c5ccccc5)c5ccccc5n4)c23)cc1.c1ccc(-c2nc(-c3cccc4oc5c(-n6c7ccccc7c7c(-c8ccccc8)cccc76)cccc5c34)nc3ccccc23)cc1. The van der Waals surface area contributed by atoms with Gasteiger partial charge in [0.2, 0.25) is 0 Å². The van der Waals surface area contributed by atoms with Crippen LogP contribution in [0, 0.1) is 0 Å². The van der Waals surface area contributed by atoms with E-state index in [-0.39, 0.29) is 0 Å². The van der Waals surface area contributed by atoms with Gasteiger partial charge in [-0.05, 0) is 154 Å². The smallest absolute Gasteiger partial charge is 0.161 e. The minimum Gasteiger partial charge on any atom is -0.454 e. The number of nitrogens with zero attached hydrogens (tertiary/aromatic N) is 9. The van der Waals surface area contributed by atoms with Crippen LogP contribution >= 0.6 is 0 Å². The molecule has 0 unspecified atom stereocenters. The molecular formula is C138H85N9O3. The monoisotopic (exact) mass is 1920 g/mol. The molecule has 0 N–H and O–H groups in total. The lowest BCUT2D eigenvalue weighted by molar-refractivity contribution is 0.666. The average Bonchev–Trinajstić information content (AvgIpc) is 1.54. The first-order valence-corrected chi connectivity index (χ1v) is 50.6. The fraction of sp³-hybridized carbons (Fsp3) is 0. The Bertz CT molecular complexity index is 10700. The number of hydrogen-bond donors (Lipinski definition) is 0. The third-order valence-corrected chi connectivity index (χ3v) is 29.4. The standard InChI is InChI=1S/C50H31N3O.2C44H27N3O/c1-4-14-32(15-5-1)35-26-28-43-40(30-35)41-31-36(33-16-6-2-7-17-33)27-29-44(41)53(43)45-24-12-21-38-47-39(22-13-25-46(47)54-49(38)45)50-51-42-23-11-10-20-37(42)48(52-50)34-18-8-3-9-19-34;1-3-14-28(15-4-1)30-20-11-25-37-40(30)32-19-8-10-24-36(32)47(37)38-26-12-21-33-41-34(22-13-27-39(41)48-43(33)38)44-45-35-23-9-7-18-31(35)42(46-44)29-16-5-2-6-17-29;1-3-13-28(14-4-1)30-25-26-38-35(27-30)31-17-8-10-22-37(31)47(38)39-23-11-19-33-41-34(20-12-24-40(41)48-43(33)39)44-45-36-21-9-7-18-32(36)42(46-44)29-15-5-2-6-16-29/h1-31H;2*1-27H. The Morgan fingerprint density at radius 3 is 0.760 bits per heavy atom. The number of para-hydroxylation sites is 8. The molecule has 0 aliphatic carbocycles. The average molecular weight is 1920 g/mol. The van der Waals surface area contributed by atoms with Gasteiger partial charge < -0.3 is 27.0 Å². The van der Waals surface area contributed by atoms with E-state index in [1.807, 2.05) is 91.0 Å². The molecule has 0 bridgehead atoms. The lowest BCUT2D eigenvalue weighted by Crippen LogP contribution is -1.96. The summed E-state index contributed by atoms with van der Waals surface area (Å²) < 4.78 is 27.5. The molecule has 0 aliphatic heterocycles. The van der Waals surface area contributed by atoms with Crippen molar-refractivity contribution in [2.75, 3.05) is 0 Å². The van der Waals surface area contributed by atoms with Crippen LogP contribution in [0.15, 0.2) is 529 Å². The van der Waals surface area contributed by atoms with Crippen LogP contribution in [0.4, 0.5) is 0 Å². The van der Waals surface area contributed by atoms with Gasteiger partial charge in [-0.2, -0.15) is 0 Å². The molecular weight excluding hydrogens is 1830 g/mol. The van der Waals surface area contributed by atoms with Gasteiger partial charge in [-0.1, -0.05) is 406 Å². The molecule has 31 aromatic rings. The molecule has 150 heavy (non-hydrogen) atoms. The minimum atomic E-state index is 0.671. The molecule has 0 fully saturated rings. The molecule has 12 heteroatoms. The second-order valence-electron chi connectivity index (χ2n) is 38.0. The van der Waals surface area contributed by atoms with Gasteiger partial charge >= 0.3 is 0 Å². The number of furan rings is 3. The number of benzene rings is 22. The molecule has 0 amide bonds. The maximum Gasteiger partial charge on any atom is 0.161 e. The van der Waals surface area contributed by atoms with E-state index < -0.39 is 0 Å². The van der Waals surface area contributed by atoms with Crippen LogP contribution in [0.25, 0.3) is 293 Å². The summed E-state index contributed by atoms with van der Waals surface area (Å²) in [5.41, 5.74) is 35.7. The van der Waals surface area contributed by atoms with Crippen molar-refractivity contribution < 1.29 is 13.3 Å². The highest BCUT2D eigenvalue weighted by Crippen LogP contribution is 2.50.